The van der Waals surface area contributed by atoms with Crippen LogP contribution in [-0.4, -0.2) is 26.3 Å². The van der Waals surface area contributed by atoms with Crippen molar-refractivity contribution in [2.75, 3.05) is 31.8 Å². The van der Waals surface area contributed by atoms with Crippen molar-refractivity contribution < 1.29 is 9.68 Å². The Bertz CT molecular complexity index is 928. The van der Waals surface area contributed by atoms with Gasteiger partial charge >= 0.3 is 0 Å². The topological polar surface area (TPSA) is 94.9 Å². The molecular weight excluding hydrogens is 316 g/mol. The van der Waals surface area contributed by atoms with Crippen LogP contribution in [0.5, 0.6) is 0 Å². The van der Waals surface area contributed by atoms with Gasteiger partial charge in [0.2, 0.25) is 0 Å². The summed E-state index contributed by atoms with van der Waals surface area (Å²) in [5, 5.41) is 9.17. The zero-order valence-corrected chi connectivity index (χ0v) is 13.9. The van der Waals surface area contributed by atoms with E-state index in [1.54, 1.807) is 0 Å². The van der Waals surface area contributed by atoms with Crippen molar-refractivity contribution in [3.05, 3.63) is 60.0 Å². The molecule has 130 valence electrons. The Morgan fingerprint density at radius 3 is 2.08 bits per heavy atom. The van der Waals surface area contributed by atoms with E-state index < -0.39 is 0 Å². The van der Waals surface area contributed by atoms with Gasteiger partial charge in [-0.15, -0.1) is 0 Å². The number of nitrogens with two attached hydrogens (primary N) is 2. The molecule has 6 nitrogen and oxygen atoms in total. The van der Waals surface area contributed by atoms with Gasteiger partial charge in [0.1, 0.15) is 12.0 Å². The second-order valence-corrected chi connectivity index (χ2v) is 5.49. The summed E-state index contributed by atoms with van der Waals surface area (Å²) in [6, 6.07) is 18.1. The highest BCUT2D eigenvalue weighted by Crippen LogP contribution is 2.27. The zero-order chi connectivity index (χ0) is 17.5. The fourth-order valence-corrected chi connectivity index (χ4v) is 2.70. The van der Waals surface area contributed by atoms with Gasteiger partial charge in [0.25, 0.3) is 0 Å². The molecule has 0 aliphatic carbocycles. The van der Waals surface area contributed by atoms with Gasteiger partial charge in [0.15, 0.2) is 0 Å². The van der Waals surface area contributed by atoms with Crippen LogP contribution in [0.2, 0.25) is 0 Å². The van der Waals surface area contributed by atoms with Gasteiger partial charge in [-0.2, -0.15) is 0 Å². The van der Waals surface area contributed by atoms with Crippen LogP contribution in [-0.2, 0) is 9.68 Å². The molecule has 0 saturated heterocycles. The van der Waals surface area contributed by atoms with Crippen molar-refractivity contribution in [3.8, 4) is 0 Å². The van der Waals surface area contributed by atoms with Gasteiger partial charge in [0.05, 0.1) is 12.3 Å². The van der Waals surface area contributed by atoms with Crippen LogP contribution in [0, 0.1) is 0 Å². The Kier molecular flexibility index (Phi) is 5.79. The van der Waals surface area contributed by atoms with Crippen molar-refractivity contribution in [1.29, 1.82) is 0 Å². The maximum absolute atomic E-state index is 5.51. The van der Waals surface area contributed by atoms with E-state index in [1.165, 1.54) is 0 Å². The third-order valence-corrected chi connectivity index (χ3v) is 3.77. The zero-order valence-electron chi connectivity index (χ0n) is 13.9. The average molecular weight is 338 g/mol. The van der Waals surface area contributed by atoms with Gasteiger partial charge < -0.3 is 16.3 Å². The summed E-state index contributed by atoms with van der Waals surface area (Å²) < 4.78 is 0. The molecule has 3 rings (SSSR count). The van der Waals surface area contributed by atoms with Crippen LogP contribution in [0.1, 0.15) is 0 Å². The van der Waals surface area contributed by atoms with Gasteiger partial charge in [0, 0.05) is 23.9 Å². The summed E-state index contributed by atoms with van der Waals surface area (Å²) in [5.41, 5.74) is 14.8. The minimum atomic E-state index is 0.360. The maximum Gasteiger partial charge on any atom is 0.129 e. The van der Waals surface area contributed by atoms with Crippen LogP contribution < -0.4 is 22.3 Å². The molecular formula is C19H22N4O2. The Morgan fingerprint density at radius 1 is 0.800 bits per heavy atom. The van der Waals surface area contributed by atoms with Crippen molar-refractivity contribution in [2.45, 2.75) is 0 Å². The predicted octanol–water partition coefficient (Wildman–Crippen LogP) is 2.09. The Morgan fingerprint density at radius 2 is 1.40 bits per heavy atom. The smallest absolute Gasteiger partial charge is 0.129 e. The van der Waals surface area contributed by atoms with Gasteiger partial charge in [-0.1, -0.05) is 53.7 Å². The first-order valence-electron chi connectivity index (χ1n) is 8.24. The molecule has 0 amide bonds. The van der Waals surface area contributed by atoms with E-state index in [0.717, 1.165) is 27.2 Å². The van der Waals surface area contributed by atoms with E-state index in [0.29, 0.717) is 31.7 Å². The third kappa shape index (κ3) is 3.88. The summed E-state index contributed by atoms with van der Waals surface area (Å²) in [6.45, 7) is 1.61. The van der Waals surface area contributed by atoms with Crippen LogP contribution in [0.3, 0.4) is 0 Å². The number of hydrogen-bond acceptors (Lipinski definition) is 6. The van der Waals surface area contributed by atoms with Crippen molar-refractivity contribution >= 4 is 27.2 Å². The Balaban J connectivity index is 2.30. The molecule has 0 atom stereocenters. The molecule has 0 fully saturated rings. The molecule has 0 radical (unpaired) electrons. The first kappa shape index (κ1) is 17.2. The summed E-state index contributed by atoms with van der Waals surface area (Å²) >= 11 is 0. The van der Waals surface area contributed by atoms with Gasteiger partial charge in [-0.05, 0) is 16.8 Å². The second-order valence-electron chi connectivity index (χ2n) is 5.49. The Labute approximate surface area is 146 Å². The highest BCUT2D eigenvalue weighted by molar-refractivity contribution is 6.09. The van der Waals surface area contributed by atoms with E-state index in [9.17, 15) is 0 Å². The highest BCUT2D eigenvalue weighted by Gasteiger charge is 2.06. The molecule has 3 aromatic carbocycles. The number of fused-ring (bicyclic) bond motifs is 3. The SMILES string of the molecule is NCCON=c1cc(NOCCN)c2ccccc2c2ccccc12. The molecule has 0 aliphatic rings. The third-order valence-electron chi connectivity index (χ3n) is 3.77. The normalized spacial score (nSPS) is 11.8. The first-order chi connectivity index (χ1) is 12.3. The number of nitrogens with zero attached hydrogens (tertiary/aromatic N) is 1. The number of anilines is 1. The second kappa shape index (κ2) is 8.43. The van der Waals surface area contributed by atoms with Crippen molar-refractivity contribution in [2.24, 2.45) is 16.6 Å². The highest BCUT2D eigenvalue weighted by atomic mass is 16.6. The summed E-state index contributed by atoms with van der Waals surface area (Å²) in [7, 11) is 0. The molecule has 0 aliphatic heterocycles. The van der Waals surface area contributed by atoms with Crippen molar-refractivity contribution in [3.63, 3.8) is 0 Å². The number of nitrogens with one attached hydrogen (secondary N) is 1. The lowest BCUT2D eigenvalue weighted by molar-refractivity contribution is 0.142. The molecule has 0 heterocycles. The lowest BCUT2D eigenvalue weighted by Gasteiger charge is -2.06. The molecule has 6 heteroatoms. The summed E-state index contributed by atoms with van der Waals surface area (Å²) in [6.07, 6.45) is 0. The summed E-state index contributed by atoms with van der Waals surface area (Å²) in [4.78, 5) is 10.8. The monoisotopic (exact) mass is 338 g/mol. The van der Waals surface area contributed by atoms with Crippen LogP contribution in [0.25, 0.3) is 21.5 Å². The summed E-state index contributed by atoms with van der Waals surface area (Å²) in [5.74, 6) is 0. The van der Waals surface area contributed by atoms with E-state index in [4.69, 9.17) is 21.1 Å². The average Bonchev–Trinajstić information content (AvgIpc) is 2.78. The minimum Gasteiger partial charge on any atom is -0.394 e. The lowest BCUT2D eigenvalue weighted by atomic mass is 10.1. The number of rotatable bonds is 7. The van der Waals surface area contributed by atoms with E-state index in [1.807, 2.05) is 42.5 Å². The number of hydrogen-bond donors (Lipinski definition) is 3. The Hall–Kier alpha value is -2.67. The van der Waals surface area contributed by atoms with Gasteiger partial charge in [-0.3, -0.25) is 10.3 Å². The molecule has 0 saturated carbocycles. The largest absolute Gasteiger partial charge is 0.394 e. The molecule has 0 bridgehead atoms. The standard InChI is InChI=1S/C19H22N4O2/c20-9-11-24-22-18-13-19(23-25-12-10-21)17-8-4-2-6-15(17)14-5-1-3-7-16(14)18/h1-8,13,22H,9-12,20-21H2. The first-order valence-corrected chi connectivity index (χ1v) is 8.24. The molecule has 25 heavy (non-hydrogen) atoms. The van der Waals surface area contributed by atoms with Crippen LogP contribution in [0.15, 0.2) is 59.8 Å². The van der Waals surface area contributed by atoms with Crippen LogP contribution >= 0.6 is 0 Å². The minimum absolute atomic E-state index is 0.360. The van der Waals surface area contributed by atoms with Crippen LogP contribution in [0.4, 0.5) is 5.69 Å². The van der Waals surface area contributed by atoms with Gasteiger partial charge in [-0.25, -0.2) is 0 Å². The molecule has 0 spiro atoms. The maximum atomic E-state index is 5.51. The van der Waals surface area contributed by atoms with E-state index in [-0.39, 0.29) is 0 Å². The lowest BCUT2D eigenvalue weighted by Crippen LogP contribution is -2.13. The fraction of sp³-hybridized carbons (Fsp3) is 0.211. The molecule has 0 aromatic heterocycles. The molecule has 3 aromatic rings. The fourth-order valence-electron chi connectivity index (χ4n) is 2.70. The van der Waals surface area contributed by atoms with E-state index >= 15 is 0 Å². The van der Waals surface area contributed by atoms with E-state index in [2.05, 4.69) is 22.8 Å². The number of benzene rings is 2. The quantitative estimate of drug-likeness (QED) is 0.453. The van der Waals surface area contributed by atoms with Crippen molar-refractivity contribution in [1.82, 2.24) is 0 Å². The predicted molar refractivity (Wildman–Crippen MR) is 101 cm³/mol. The molecule has 5 N–H and O–H groups in total. The molecule has 0 unspecified atom stereocenters.